The predicted octanol–water partition coefficient (Wildman–Crippen LogP) is -0.742. The summed E-state index contributed by atoms with van der Waals surface area (Å²) in [6.07, 6.45) is 0. The molecule has 4 heavy (non-hydrogen) atoms. The molecule has 0 spiro atoms. The maximum atomic E-state index is 6.39. The standard InChI is InChI=1S/CHNSe2/c2-1(3)4/h2H. The maximum absolute atomic E-state index is 6.39. The van der Waals surface area contributed by atoms with E-state index in [1.165, 1.54) is 0 Å². The van der Waals surface area contributed by atoms with Crippen molar-refractivity contribution in [3.63, 3.8) is 0 Å². The van der Waals surface area contributed by atoms with Crippen molar-refractivity contribution in [1.29, 1.82) is 5.41 Å². The molecule has 1 N–H and O–H groups in total. The fourth-order valence-corrected chi connectivity index (χ4v) is 0. The van der Waals surface area contributed by atoms with E-state index in [4.69, 9.17) is 5.41 Å². The van der Waals surface area contributed by atoms with Gasteiger partial charge in [0, 0.05) is 0 Å². The van der Waals surface area contributed by atoms with Crippen LogP contribution in [0.5, 0.6) is 0 Å². The van der Waals surface area contributed by atoms with E-state index in [-0.39, 0.29) is 0 Å². The SMILES string of the molecule is N=C([Se])[Se]. The minimum atomic E-state index is 0.417. The van der Waals surface area contributed by atoms with Gasteiger partial charge >= 0.3 is 40.9 Å². The Morgan fingerprint density at radius 3 is 1.50 bits per heavy atom. The van der Waals surface area contributed by atoms with E-state index >= 15 is 0 Å². The van der Waals surface area contributed by atoms with Crippen LogP contribution in [-0.2, 0) is 0 Å². The number of nitrogens with one attached hydrogen (secondary N) is 1. The van der Waals surface area contributed by atoms with Crippen LogP contribution in [0.2, 0.25) is 0 Å². The van der Waals surface area contributed by atoms with Gasteiger partial charge in [-0.3, -0.25) is 0 Å². The van der Waals surface area contributed by atoms with E-state index in [1.807, 2.05) is 0 Å². The average molecular weight is 185 g/mol. The van der Waals surface area contributed by atoms with E-state index in [2.05, 4.69) is 32.0 Å². The molecule has 2 radical (unpaired) electrons. The summed E-state index contributed by atoms with van der Waals surface area (Å²) in [6.45, 7) is 0. The van der Waals surface area contributed by atoms with Gasteiger partial charge in [0.2, 0.25) is 0 Å². The van der Waals surface area contributed by atoms with Gasteiger partial charge in [0.15, 0.2) is 0 Å². The van der Waals surface area contributed by atoms with E-state index in [1.54, 1.807) is 0 Å². The molecule has 0 atom stereocenters. The average Bonchev–Trinajstić information content (AvgIpc) is 0.811. The Kier molecular flexibility index (Phi) is 2.33. The van der Waals surface area contributed by atoms with E-state index < -0.39 is 0 Å². The van der Waals surface area contributed by atoms with Crippen molar-refractivity contribution in [2.24, 2.45) is 0 Å². The molecular formula is CHNSe2. The molecule has 3 heteroatoms. The van der Waals surface area contributed by atoms with Crippen LogP contribution in [0.15, 0.2) is 0 Å². The Balaban J connectivity index is 2.80. The van der Waals surface area contributed by atoms with Gasteiger partial charge in [0.1, 0.15) is 0 Å². The third kappa shape index (κ3) is 15.7. The van der Waals surface area contributed by atoms with Gasteiger partial charge in [-0.05, 0) is 0 Å². The number of rotatable bonds is 0. The van der Waals surface area contributed by atoms with Crippen LogP contribution in [0.4, 0.5) is 0 Å². The molecule has 0 fully saturated rings. The van der Waals surface area contributed by atoms with Crippen LogP contribution >= 0.6 is 0 Å². The van der Waals surface area contributed by atoms with Gasteiger partial charge in [-0.25, -0.2) is 0 Å². The molecule has 0 aromatic carbocycles. The van der Waals surface area contributed by atoms with Crippen LogP contribution in [0, 0.1) is 5.41 Å². The second-order valence-corrected chi connectivity index (χ2v) is 3.31. The zero-order valence-electron chi connectivity index (χ0n) is 1.82. The first-order valence-electron chi connectivity index (χ1n) is 0.658. The molecule has 0 saturated heterocycles. The molecule has 22 valence electrons. The third-order valence-electron chi connectivity index (χ3n) is 0. The predicted molar refractivity (Wildman–Crippen MR) is 19.2 cm³/mol. The molecule has 0 rings (SSSR count). The van der Waals surface area contributed by atoms with Crippen LogP contribution in [0.3, 0.4) is 0 Å². The molecular weight excluding hydrogens is 184 g/mol. The van der Waals surface area contributed by atoms with Gasteiger partial charge in [-0.2, -0.15) is 0 Å². The van der Waals surface area contributed by atoms with Crippen molar-refractivity contribution in [2.75, 3.05) is 0 Å². The van der Waals surface area contributed by atoms with E-state index in [9.17, 15) is 0 Å². The third-order valence-corrected chi connectivity index (χ3v) is 0. The number of hydrogen-bond acceptors (Lipinski definition) is 1. The second kappa shape index (κ2) is 1.98. The zero-order chi connectivity index (χ0) is 3.58. The van der Waals surface area contributed by atoms with Crippen LogP contribution < -0.4 is 0 Å². The van der Waals surface area contributed by atoms with Crippen molar-refractivity contribution < 1.29 is 0 Å². The summed E-state index contributed by atoms with van der Waals surface area (Å²) in [6, 6.07) is 0. The zero-order valence-corrected chi connectivity index (χ0v) is 5.24. The van der Waals surface area contributed by atoms with Crippen LogP contribution in [0.1, 0.15) is 0 Å². The molecule has 0 heterocycles. The first-order chi connectivity index (χ1) is 1.73. The Hall–Kier alpha value is 0.709. The number of hydrogen-bond donors (Lipinski definition) is 1. The molecule has 0 unspecified atom stereocenters. The van der Waals surface area contributed by atoms with Gasteiger partial charge in [-0.15, -0.1) is 0 Å². The molecule has 0 saturated carbocycles. The first-order valence-corrected chi connectivity index (χ1v) is 2.37. The monoisotopic (exact) mass is 187 g/mol. The minimum absolute atomic E-state index is 0.417. The summed E-state index contributed by atoms with van der Waals surface area (Å²) in [7, 11) is 0. The van der Waals surface area contributed by atoms with Crippen LogP contribution in [-0.4, -0.2) is 35.5 Å². The summed E-state index contributed by atoms with van der Waals surface area (Å²) in [5, 5.41) is 6.39. The Morgan fingerprint density at radius 1 is 1.50 bits per heavy atom. The fourth-order valence-electron chi connectivity index (χ4n) is 0. The van der Waals surface area contributed by atoms with Crippen LogP contribution in [0.25, 0.3) is 0 Å². The summed E-state index contributed by atoms with van der Waals surface area (Å²) in [5.74, 6) is 0. The molecule has 1 nitrogen and oxygen atoms in total. The van der Waals surface area contributed by atoms with Gasteiger partial charge < -0.3 is 0 Å². The van der Waals surface area contributed by atoms with Gasteiger partial charge in [0.25, 0.3) is 0 Å². The molecule has 0 aromatic heterocycles. The normalized spacial score (nSPS) is 6.00. The molecule has 0 aliphatic heterocycles. The molecule has 0 aliphatic rings. The molecule has 0 aliphatic carbocycles. The summed E-state index contributed by atoms with van der Waals surface area (Å²) >= 11 is 4.86. The van der Waals surface area contributed by atoms with Crippen molar-refractivity contribution >= 4 is 35.5 Å². The fraction of sp³-hybridized carbons (Fsp3) is 0. The first kappa shape index (κ1) is 4.71. The summed E-state index contributed by atoms with van der Waals surface area (Å²) in [4.78, 5) is 0. The molecule has 0 bridgehead atoms. The molecule has 0 aromatic rings. The Morgan fingerprint density at radius 2 is 1.50 bits per heavy atom. The van der Waals surface area contributed by atoms with E-state index in [0.29, 0.717) is 3.51 Å². The quantitative estimate of drug-likeness (QED) is 0.379. The molecule has 0 amide bonds. The summed E-state index contributed by atoms with van der Waals surface area (Å²) in [5.41, 5.74) is 0. The van der Waals surface area contributed by atoms with Crippen molar-refractivity contribution in [3.8, 4) is 0 Å². The Bertz CT molecular complexity index is 29.0. The van der Waals surface area contributed by atoms with Crippen molar-refractivity contribution in [3.05, 3.63) is 0 Å². The summed E-state index contributed by atoms with van der Waals surface area (Å²) < 4.78 is 0.417. The topological polar surface area (TPSA) is 23.9 Å². The Labute approximate surface area is 41.3 Å². The van der Waals surface area contributed by atoms with Gasteiger partial charge in [0.05, 0.1) is 0 Å². The van der Waals surface area contributed by atoms with Crippen molar-refractivity contribution in [1.82, 2.24) is 0 Å². The second-order valence-electron chi connectivity index (χ2n) is 0.287. The van der Waals surface area contributed by atoms with Crippen molar-refractivity contribution in [2.45, 2.75) is 0 Å². The van der Waals surface area contributed by atoms with Gasteiger partial charge in [-0.1, -0.05) is 0 Å². The van der Waals surface area contributed by atoms with E-state index in [0.717, 1.165) is 0 Å².